The minimum absolute atomic E-state index is 0.0645. The molecule has 1 fully saturated rings. The van der Waals surface area contributed by atoms with Crippen molar-refractivity contribution in [1.29, 1.82) is 0 Å². The van der Waals surface area contributed by atoms with Crippen molar-refractivity contribution in [1.82, 2.24) is 0 Å². The molecular formula is C19H28O4Si. The third-order valence-corrected chi connectivity index (χ3v) is 9.49. The van der Waals surface area contributed by atoms with Gasteiger partial charge in [0.1, 0.15) is 24.4 Å². The average Bonchev–Trinajstić information content (AvgIpc) is 3.33. The van der Waals surface area contributed by atoms with Gasteiger partial charge in [-0.25, -0.2) is 0 Å². The van der Waals surface area contributed by atoms with Gasteiger partial charge in [0.25, 0.3) is 0 Å². The predicted molar refractivity (Wildman–Crippen MR) is 97.0 cm³/mol. The summed E-state index contributed by atoms with van der Waals surface area (Å²) >= 11 is 0. The second kappa shape index (κ2) is 7.69. The molecule has 1 unspecified atom stereocenters. The van der Waals surface area contributed by atoms with E-state index < -0.39 is 8.32 Å². The van der Waals surface area contributed by atoms with E-state index in [0.717, 1.165) is 29.3 Å². The lowest BCUT2D eigenvalue weighted by atomic mass is 9.94. The van der Waals surface area contributed by atoms with Crippen LogP contribution in [0.25, 0.3) is 0 Å². The van der Waals surface area contributed by atoms with E-state index >= 15 is 0 Å². The Morgan fingerprint density at radius 1 is 1.25 bits per heavy atom. The summed E-state index contributed by atoms with van der Waals surface area (Å²) in [6, 6.07) is 3.22. The number of ether oxygens (including phenoxy) is 2. The number of hydrogen-bond donors (Lipinski definition) is 0. The molecule has 4 nitrogen and oxygen atoms in total. The molecule has 1 saturated heterocycles. The van der Waals surface area contributed by atoms with Crippen LogP contribution in [0.1, 0.15) is 34.6 Å². The standard InChI is InChI=1S/C19H28O4Si/c1-7-24(8-2,9-3)23-17-15(11-10-13(4)5)12-16(21-14(6)20)18-19(17)22-18/h12,16-19H,4,7-9H2,1-3,5-6H3/t16-,17?,18+,19-/m1/s1. The molecule has 0 spiro atoms. The van der Waals surface area contributed by atoms with Crippen LogP contribution in [0.15, 0.2) is 23.8 Å². The minimum Gasteiger partial charge on any atom is -0.455 e. The van der Waals surface area contributed by atoms with Crippen molar-refractivity contribution in [3.8, 4) is 11.8 Å². The number of rotatable bonds is 6. The molecule has 1 aliphatic carbocycles. The Kier molecular flexibility index (Phi) is 6.08. The summed E-state index contributed by atoms with van der Waals surface area (Å²) in [7, 11) is -1.79. The van der Waals surface area contributed by atoms with E-state index in [1.165, 1.54) is 6.92 Å². The molecule has 4 atom stereocenters. The number of carbonyl (C=O) groups is 1. The number of allylic oxidation sites excluding steroid dienone is 1. The van der Waals surface area contributed by atoms with Gasteiger partial charge in [0.05, 0.1) is 0 Å². The van der Waals surface area contributed by atoms with Gasteiger partial charge in [0.2, 0.25) is 0 Å². The fourth-order valence-corrected chi connectivity index (χ4v) is 5.97. The molecule has 1 heterocycles. The van der Waals surface area contributed by atoms with Gasteiger partial charge in [-0.15, -0.1) is 0 Å². The monoisotopic (exact) mass is 348 g/mol. The molecule has 0 N–H and O–H groups in total. The Balaban J connectivity index is 2.30. The molecule has 0 aromatic heterocycles. The Hall–Kier alpha value is -1.35. The van der Waals surface area contributed by atoms with Gasteiger partial charge in [-0.2, -0.15) is 0 Å². The third-order valence-electron chi connectivity index (χ3n) is 4.87. The summed E-state index contributed by atoms with van der Waals surface area (Å²) in [5.74, 6) is 5.88. The van der Waals surface area contributed by atoms with Gasteiger partial charge in [-0.3, -0.25) is 4.79 Å². The van der Waals surface area contributed by atoms with Gasteiger partial charge >= 0.3 is 5.97 Å². The van der Waals surface area contributed by atoms with Crippen molar-refractivity contribution < 1.29 is 18.7 Å². The summed E-state index contributed by atoms with van der Waals surface area (Å²) in [5, 5.41) is 0. The zero-order valence-electron chi connectivity index (χ0n) is 15.3. The maximum atomic E-state index is 11.3. The van der Waals surface area contributed by atoms with Gasteiger partial charge in [0, 0.05) is 12.5 Å². The first-order valence-corrected chi connectivity index (χ1v) is 11.3. The second-order valence-electron chi connectivity index (χ2n) is 6.57. The molecule has 5 heteroatoms. The van der Waals surface area contributed by atoms with Crippen LogP contribution >= 0.6 is 0 Å². The molecule has 0 aromatic rings. The average molecular weight is 349 g/mol. The Morgan fingerprint density at radius 2 is 1.88 bits per heavy atom. The van der Waals surface area contributed by atoms with Gasteiger partial charge in [-0.05, 0) is 36.7 Å². The highest BCUT2D eigenvalue weighted by Gasteiger charge is 2.56. The normalized spacial score (nSPS) is 28.1. The molecule has 132 valence electrons. The quantitative estimate of drug-likeness (QED) is 0.318. The van der Waals surface area contributed by atoms with Crippen LogP contribution in [-0.2, 0) is 18.7 Å². The molecule has 2 aliphatic rings. The topological polar surface area (TPSA) is 48.1 Å². The Labute approximate surface area is 146 Å². The van der Waals surface area contributed by atoms with E-state index in [0.29, 0.717) is 0 Å². The molecule has 0 radical (unpaired) electrons. The summed E-state index contributed by atoms with van der Waals surface area (Å²) in [6.07, 6.45) is 1.20. The predicted octanol–water partition coefficient (Wildman–Crippen LogP) is 3.60. The summed E-state index contributed by atoms with van der Waals surface area (Å²) in [6.45, 7) is 13.7. The van der Waals surface area contributed by atoms with Crippen molar-refractivity contribution in [2.45, 2.75) is 77.2 Å². The number of carbonyl (C=O) groups excluding carboxylic acids is 1. The fraction of sp³-hybridized carbons (Fsp3) is 0.632. The van der Waals surface area contributed by atoms with E-state index in [2.05, 4.69) is 39.2 Å². The van der Waals surface area contributed by atoms with Crippen molar-refractivity contribution in [2.75, 3.05) is 0 Å². The first kappa shape index (κ1) is 19.0. The van der Waals surface area contributed by atoms with Gasteiger partial charge < -0.3 is 13.9 Å². The molecule has 0 aromatic carbocycles. The number of hydrogen-bond acceptors (Lipinski definition) is 4. The maximum Gasteiger partial charge on any atom is 0.303 e. The molecule has 2 rings (SSSR count). The summed E-state index contributed by atoms with van der Waals surface area (Å²) < 4.78 is 17.8. The minimum atomic E-state index is -1.79. The number of esters is 1. The van der Waals surface area contributed by atoms with Crippen LogP contribution in [0.3, 0.4) is 0 Å². The van der Waals surface area contributed by atoms with E-state index in [1.807, 2.05) is 13.0 Å². The van der Waals surface area contributed by atoms with Crippen LogP contribution in [0.5, 0.6) is 0 Å². The molecule has 0 bridgehead atoms. The van der Waals surface area contributed by atoms with Crippen LogP contribution in [0.4, 0.5) is 0 Å². The van der Waals surface area contributed by atoms with Crippen LogP contribution < -0.4 is 0 Å². The maximum absolute atomic E-state index is 11.3. The Bertz CT molecular complexity index is 586. The largest absolute Gasteiger partial charge is 0.455 e. The third kappa shape index (κ3) is 4.18. The van der Waals surface area contributed by atoms with E-state index in [4.69, 9.17) is 13.9 Å². The second-order valence-corrected chi connectivity index (χ2v) is 11.3. The van der Waals surface area contributed by atoms with Crippen LogP contribution in [0, 0.1) is 11.8 Å². The molecular weight excluding hydrogens is 320 g/mol. The first-order chi connectivity index (χ1) is 11.4. The van der Waals surface area contributed by atoms with Gasteiger partial charge in [-0.1, -0.05) is 39.2 Å². The smallest absolute Gasteiger partial charge is 0.303 e. The first-order valence-electron chi connectivity index (χ1n) is 8.75. The molecule has 24 heavy (non-hydrogen) atoms. The SMILES string of the molecule is C=C(C)C#CC1=C[C@@H](OC(C)=O)[C@@H]2O[C@@H]2C1O[Si](CC)(CC)CC. The van der Waals surface area contributed by atoms with Crippen LogP contribution in [-0.4, -0.2) is 38.7 Å². The van der Waals surface area contributed by atoms with Crippen molar-refractivity contribution in [3.63, 3.8) is 0 Å². The lowest BCUT2D eigenvalue weighted by molar-refractivity contribution is -0.145. The van der Waals surface area contributed by atoms with E-state index in [1.54, 1.807) is 0 Å². The molecule has 0 saturated carbocycles. The molecule has 0 amide bonds. The highest BCUT2D eigenvalue weighted by molar-refractivity contribution is 6.73. The highest BCUT2D eigenvalue weighted by Crippen LogP contribution is 2.42. The highest BCUT2D eigenvalue weighted by atomic mass is 28.4. The fourth-order valence-electron chi connectivity index (χ4n) is 3.17. The summed E-state index contributed by atoms with van der Waals surface area (Å²) in [4.78, 5) is 11.3. The van der Waals surface area contributed by atoms with Gasteiger partial charge in [0.15, 0.2) is 8.32 Å². The number of epoxide rings is 1. The zero-order chi connectivity index (χ0) is 17.9. The lowest BCUT2D eigenvalue weighted by Crippen LogP contribution is -2.45. The van der Waals surface area contributed by atoms with E-state index in [-0.39, 0.29) is 30.4 Å². The molecule has 1 aliphatic heterocycles. The van der Waals surface area contributed by atoms with Crippen molar-refractivity contribution in [2.24, 2.45) is 0 Å². The Morgan fingerprint density at radius 3 is 2.38 bits per heavy atom. The van der Waals surface area contributed by atoms with E-state index in [9.17, 15) is 4.79 Å². The van der Waals surface area contributed by atoms with Crippen molar-refractivity contribution in [3.05, 3.63) is 23.8 Å². The van der Waals surface area contributed by atoms with Crippen molar-refractivity contribution >= 4 is 14.3 Å². The zero-order valence-corrected chi connectivity index (χ0v) is 16.3. The van der Waals surface area contributed by atoms with Crippen LogP contribution in [0.2, 0.25) is 18.1 Å². The number of fused-ring (bicyclic) bond motifs is 1. The summed E-state index contributed by atoms with van der Waals surface area (Å²) in [5.41, 5.74) is 1.65. The lowest BCUT2D eigenvalue weighted by Gasteiger charge is -2.34.